The molecule has 3 rings (SSSR count). The molecule has 3 nitrogen and oxygen atoms in total. The highest BCUT2D eigenvalue weighted by Gasteiger charge is 2.44. The Bertz CT molecular complexity index is 684. The maximum atomic E-state index is 12.3. The van der Waals surface area contributed by atoms with Crippen LogP contribution in [-0.4, -0.2) is 15.9 Å². The van der Waals surface area contributed by atoms with Crippen molar-refractivity contribution in [2.45, 2.75) is 12.3 Å². The molecule has 0 spiro atoms. The molecule has 0 aliphatic carbocycles. The SMILES string of the molecule is O=C1C(Cl)=CC(O)(c2ccccc2)N1Cc1ccccc1. The summed E-state index contributed by atoms with van der Waals surface area (Å²) < 4.78 is 0. The van der Waals surface area contributed by atoms with E-state index in [0.717, 1.165) is 5.56 Å². The Morgan fingerprint density at radius 2 is 1.57 bits per heavy atom. The van der Waals surface area contributed by atoms with Crippen molar-refractivity contribution in [3.8, 4) is 0 Å². The van der Waals surface area contributed by atoms with Crippen molar-refractivity contribution < 1.29 is 9.90 Å². The van der Waals surface area contributed by atoms with Gasteiger partial charge in [-0.1, -0.05) is 72.3 Å². The lowest BCUT2D eigenvalue weighted by Crippen LogP contribution is -2.43. The quantitative estimate of drug-likeness (QED) is 0.946. The van der Waals surface area contributed by atoms with Crippen LogP contribution in [0.2, 0.25) is 0 Å². The lowest BCUT2D eigenvalue weighted by Gasteiger charge is -2.33. The van der Waals surface area contributed by atoms with E-state index in [9.17, 15) is 9.90 Å². The monoisotopic (exact) mass is 299 g/mol. The second kappa shape index (κ2) is 5.35. The fraction of sp³-hybridized carbons (Fsp3) is 0.118. The van der Waals surface area contributed by atoms with Crippen LogP contribution in [0.25, 0.3) is 0 Å². The fourth-order valence-corrected chi connectivity index (χ4v) is 2.74. The van der Waals surface area contributed by atoms with Gasteiger partial charge in [0.05, 0.1) is 0 Å². The van der Waals surface area contributed by atoms with Gasteiger partial charge in [0, 0.05) is 12.1 Å². The summed E-state index contributed by atoms with van der Waals surface area (Å²) in [6, 6.07) is 18.6. The van der Waals surface area contributed by atoms with Gasteiger partial charge in [0.25, 0.3) is 5.91 Å². The van der Waals surface area contributed by atoms with E-state index < -0.39 is 5.72 Å². The minimum atomic E-state index is -1.51. The average Bonchev–Trinajstić information content (AvgIpc) is 2.74. The second-order valence-electron chi connectivity index (χ2n) is 4.96. The molecule has 0 saturated carbocycles. The number of nitrogens with zero attached hydrogens (tertiary/aromatic N) is 1. The van der Waals surface area contributed by atoms with E-state index in [2.05, 4.69) is 0 Å². The van der Waals surface area contributed by atoms with Gasteiger partial charge in [-0.25, -0.2) is 0 Å². The third kappa shape index (κ3) is 2.46. The molecule has 1 aliphatic heterocycles. The van der Waals surface area contributed by atoms with Crippen molar-refractivity contribution in [2.75, 3.05) is 0 Å². The molecule has 0 bridgehead atoms. The fourth-order valence-electron chi connectivity index (χ4n) is 2.48. The van der Waals surface area contributed by atoms with E-state index >= 15 is 0 Å². The number of hydrogen-bond donors (Lipinski definition) is 1. The van der Waals surface area contributed by atoms with E-state index in [1.54, 1.807) is 12.1 Å². The van der Waals surface area contributed by atoms with Crippen LogP contribution in [0.3, 0.4) is 0 Å². The number of benzene rings is 2. The zero-order valence-electron chi connectivity index (χ0n) is 11.2. The van der Waals surface area contributed by atoms with Gasteiger partial charge in [0.2, 0.25) is 0 Å². The van der Waals surface area contributed by atoms with Crippen molar-refractivity contribution in [3.05, 3.63) is 82.9 Å². The summed E-state index contributed by atoms with van der Waals surface area (Å²) in [5.74, 6) is -0.369. The Labute approximate surface area is 128 Å². The molecule has 0 fully saturated rings. The van der Waals surface area contributed by atoms with Crippen LogP contribution in [0.15, 0.2) is 71.8 Å². The van der Waals surface area contributed by atoms with Crippen molar-refractivity contribution in [2.24, 2.45) is 0 Å². The number of aliphatic hydroxyl groups is 1. The van der Waals surface area contributed by atoms with Gasteiger partial charge in [-0.2, -0.15) is 0 Å². The van der Waals surface area contributed by atoms with Gasteiger partial charge in [-0.3, -0.25) is 9.69 Å². The molecular formula is C17H14ClNO2. The summed E-state index contributed by atoms with van der Waals surface area (Å²) in [5.41, 5.74) is 0.0375. The first-order valence-corrected chi connectivity index (χ1v) is 7.01. The van der Waals surface area contributed by atoms with Crippen molar-refractivity contribution in [1.82, 2.24) is 4.90 Å². The number of rotatable bonds is 3. The summed E-state index contributed by atoms with van der Waals surface area (Å²) in [7, 11) is 0. The molecule has 0 saturated heterocycles. The lowest BCUT2D eigenvalue weighted by molar-refractivity contribution is -0.144. The smallest absolute Gasteiger partial charge is 0.268 e. The van der Waals surface area contributed by atoms with E-state index in [4.69, 9.17) is 11.6 Å². The van der Waals surface area contributed by atoms with Gasteiger partial charge in [0.15, 0.2) is 5.72 Å². The van der Waals surface area contributed by atoms with Gasteiger partial charge in [-0.15, -0.1) is 0 Å². The van der Waals surface area contributed by atoms with Gasteiger partial charge < -0.3 is 5.11 Å². The summed E-state index contributed by atoms with van der Waals surface area (Å²) in [6.07, 6.45) is 1.40. The van der Waals surface area contributed by atoms with E-state index in [1.165, 1.54) is 11.0 Å². The number of hydrogen-bond acceptors (Lipinski definition) is 2. The standard InChI is InChI=1S/C17H14ClNO2/c18-15-11-17(21,14-9-5-2-6-10-14)19(16(15)20)12-13-7-3-1-4-8-13/h1-11,21H,12H2. The lowest BCUT2D eigenvalue weighted by atomic mass is 10.0. The van der Waals surface area contributed by atoms with Crippen LogP contribution >= 0.6 is 11.6 Å². The highest BCUT2D eigenvalue weighted by molar-refractivity contribution is 6.42. The highest BCUT2D eigenvalue weighted by atomic mass is 35.5. The highest BCUT2D eigenvalue weighted by Crippen LogP contribution is 2.37. The Hall–Kier alpha value is -2.10. The number of carbonyl (C=O) groups is 1. The first-order chi connectivity index (χ1) is 10.1. The zero-order valence-corrected chi connectivity index (χ0v) is 12.0. The molecule has 106 valence electrons. The van der Waals surface area contributed by atoms with Crippen molar-refractivity contribution >= 4 is 17.5 Å². The van der Waals surface area contributed by atoms with Gasteiger partial charge >= 0.3 is 0 Å². The average molecular weight is 300 g/mol. The first-order valence-electron chi connectivity index (χ1n) is 6.63. The van der Waals surface area contributed by atoms with E-state index in [-0.39, 0.29) is 17.5 Å². The molecule has 4 heteroatoms. The normalized spacial score (nSPS) is 21.5. The van der Waals surface area contributed by atoms with Crippen LogP contribution < -0.4 is 0 Å². The Balaban J connectivity index is 1.99. The molecule has 1 N–H and O–H groups in total. The van der Waals surface area contributed by atoms with Gasteiger partial charge in [0.1, 0.15) is 5.03 Å². The Kier molecular flexibility index (Phi) is 3.53. The molecule has 1 amide bonds. The summed E-state index contributed by atoms with van der Waals surface area (Å²) in [4.78, 5) is 13.6. The summed E-state index contributed by atoms with van der Waals surface area (Å²) in [5, 5.41) is 11.0. The maximum Gasteiger partial charge on any atom is 0.268 e. The van der Waals surface area contributed by atoms with Gasteiger partial charge in [-0.05, 0) is 11.6 Å². The number of halogens is 1. The minimum Gasteiger partial charge on any atom is -0.363 e. The molecule has 0 radical (unpaired) electrons. The summed E-state index contributed by atoms with van der Waals surface area (Å²) in [6.45, 7) is 0.289. The van der Waals surface area contributed by atoms with Crippen LogP contribution in [0, 0.1) is 0 Å². The molecule has 0 aromatic heterocycles. The summed E-state index contributed by atoms with van der Waals surface area (Å²) >= 11 is 5.97. The van der Waals surface area contributed by atoms with E-state index in [0.29, 0.717) is 5.56 Å². The molecule has 2 aromatic carbocycles. The third-order valence-corrected chi connectivity index (χ3v) is 3.84. The predicted octanol–water partition coefficient (Wildman–Crippen LogP) is 3.00. The number of carbonyl (C=O) groups excluding carboxylic acids is 1. The molecule has 21 heavy (non-hydrogen) atoms. The van der Waals surface area contributed by atoms with Crippen LogP contribution in [0.4, 0.5) is 0 Å². The first kappa shape index (κ1) is 13.9. The maximum absolute atomic E-state index is 12.3. The molecule has 2 aromatic rings. The minimum absolute atomic E-state index is 0.0392. The van der Waals surface area contributed by atoms with Crippen LogP contribution in [0.1, 0.15) is 11.1 Å². The topological polar surface area (TPSA) is 40.5 Å². The molecule has 1 unspecified atom stereocenters. The van der Waals surface area contributed by atoms with Crippen molar-refractivity contribution in [3.63, 3.8) is 0 Å². The Morgan fingerprint density at radius 1 is 1.00 bits per heavy atom. The largest absolute Gasteiger partial charge is 0.363 e. The Morgan fingerprint density at radius 3 is 2.19 bits per heavy atom. The third-order valence-electron chi connectivity index (χ3n) is 3.57. The number of amides is 1. The van der Waals surface area contributed by atoms with Crippen LogP contribution in [0.5, 0.6) is 0 Å². The molecule has 1 heterocycles. The predicted molar refractivity (Wildman–Crippen MR) is 81.3 cm³/mol. The second-order valence-corrected chi connectivity index (χ2v) is 5.37. The molecule has 1 aliphatic rings. The zero-order chi connectivity index (χ0) is 14.9. The van der Waals surface area contributed by atoms with Crippen LogP contribution in [-0.2, 0) is 17.1 Å². The molecule has 1 atom stereocenters. The van der Waals surface area contributed by atoms with E-state index in [1.807, 2.05) is 48.5 Å². The molecular weight excluding hydrogens is 286 g/mol. The van der Waals surface area contributed by atoms with Crippen molar-refractivity contribution in [1.29, 1.82) is 0 Å².